The molecule has 1 aromatic rings. The number of aliphatic hydroxyl groups is 1. The van der Waals surface area contributed by atoms with Gasteiger partial charge < -0.3 is 10.2 Å². The minimum Gasteiger partial charge on any atom is -0.507 e. The number of carbonyl (C=O) groups is 3. The Labute approximate surface area is 120 Å². The van der Waals surface area contributed by atoms with E-state index in [0.29, 0.717) is 5.56 Å². The highest BCUT2D eigenvalue weighted by atomic mass is 16.4. The van der Waals surface area contributed by atoms with Gasteiger partial charge >= 0.3 is 5.97 Å². The average molecular weight is 284 g/mol. The van der Waals surface area contributed by atoms with Crippen molar-refractivity contribution in [1.29, 1.82) is 0 Å². The maximum Gasteiger partial charge on any atom is 0.303 e. The van der Waals surface area contributed by atoms with E-state index in [4.69, 9.17) is 5.11 Å². The van der Waals surface area contributed by atoms with Gasteiger partial charge in [0, 0.05) is 16.7 Å². The smallest absolute Gasteiger partial charge is 0.303 e. The van der Waals surface area contributed by atoms with Crippen molar-refractivity contribution in [2.75, 3.05) is 0 Å². The lowest BCUT2D eigenvalue weighted by Gasteiger charge is -2.26. The number of fused-ring (bicyclic) bond motifs is 1. The van der Waals surface area contributed by atoms with Crippen LogP contribution >= 0.6 is 0 Å². The van der Waals surface area contributed by atoms with Gasteiger partial charge in [-0.05, 0) is 18.4 Å². The van der Waals surface area contributed by atoms with Gasteiger partial charge in [-0.2, -0.15) is 0 Å². The molecule has 1 atom stereocenters. The van der Waals surface area contributed by atoms with Crippen LogP contribution in [0.5, 0.6) is 0 Å². The number of carbonyl (C=O) groups excluding carboxylic acids is 2. The SMILES string of the molecule is O=C(O)CC1C=C(O)C2=C(C1)C(=O)c1ccccc1C2=O. The summed E-state index contributed by atoms with van der Waals surface area (Å²) in [5.41, 5.74) is 0.813. The fraction of sp³-hybridized carbons (Fsp3) is 0.188. The number of carboxylic acids is 1. The predicted molar refractivity (Wildman–Crippen MR) is 73.2 cm³/mol. The van der Waals surface area contributed by atoms with E-state index in [2.05, 4.69) is 0 Å². The topological polar surface area (TPSA) is 91.7 Å². The summed E-state index contributed by atoms with van der Waals surface area (Å²) in [4.78, 5) is 35.7. The number of Topliss-reactive ketones (excluding diaryl/α,β-unsaturated/α-hetero) is 2. The fourth-order valence-electron chi connectivity index (χ4n) is 2.88. The predicted octanol–water partition coefficient (Wildman–Crippen LogP) is 2.30. The molecule has 2 N–H and O–H groups in total. The molecule has 0 aromatic heterocycles. The molecular formula is C16H12O5. The van der Waals surface area contributed by atoms with E-state index < -0.39 is 11.9 Å². The number of hydrogen-bond acceptors (Lipinski definition) is 4. The molecule has 0 radical (unpaired) electrons. The Morgan fingerprint density at radius 3 is 2.38 bits per heavy atom. The van der Waals surface area contributed by atoms with Crippen LogP contribution in [-0.2, 0) is 4.79 Å². The van der Waals surface area contributed by atoms with Crippen molar-refractivity contribution in [1.82, 2.24) is 0 Å². The Balaban J connectivity index is 2.08. The third-order valence-corrected chi connectivity index (χ3v) is 3.77. The highest BCUT2D eigenvalue weighted by Crippen LogP contribution is 2.37. The van der Waals surface area contributed by atoms with E-state index in [1.165, 1.54) is 6.08 Å². The zero-order valence-corrected chi connectivity index (χ0v) is 11.0. The van der Waals surface area contributed by atoms with E-state index in [1.54, 1.807) is 24.3 Å². The van der Waals surface area contributed by atoms with Gasteiger partial charge in [0.15, 0.2) is 11.6 Å². The summed E-state index contributed by atoms with van der Waals surface area (Å²) in [5.74, 6) is -2.49. The summed E-state index contributed by atoms with van der Waals surface area (Å²) < 4.78 is 0. The molecule has 106 valence electrons. The standard InChI is InChI=1S/C16H12O5/c17-12-6-8(7-13(18)19)5-11-14(12)16(21)10-4-2-1-3-9(10)15(11)20/h1-4,6,8,17H,5,7H2,(H,18,19). The zero-order valence-electron chi connectivity index (χ0n) is 11.0. The molecule has 1 aromatic carbocycles. The second-order valence-electron chi connectivity index (χ2n) is 5.17. The molecule has 0 aliphatic heterocycles. The lowest BCUT2D eigenvalue weighted by atomic mass is 9.76. The van der Waals surface area contributed by atoms with Crippen LogP contribution in [0.3, 0.4) is 0 Å². The third kappa shape index (κ3) is 2.07. The van der Waals surface area contributed by atoms with Crippen LogP contribution in [0.2, 0.25) is 0 Å². The molecular weight excluding hydrogens is 272 g/mol. The van der Waals surface area contributed by atoms with E-state index in [9.17, 15) is 19.5 Å². The molecule has 0 spiro atoms. The van der Waals surface area contributed by atoms with Gasteiger partial charge in [-0.3, -0.25) is 14.4 Å². The van der Waals surface area contributed by atoms with Gasteiger partial charge in [-0.1, -0.05) is 24.3 Å². The molecule has 2 aliphatic carbocycles. The first-order chi connectivity index (χ1) is 9.99. The highest BCUT2D eigenvalue weighted by molar-refractivity contribution is 6.28. The molecule has 3 rings (SSSR count). The molecule has 21 heavy (non-hydrogen) atoms. The summed E-state index contributed by atoms with van der Waals surface area (Å²) in [6.45, 7) is 0. The van der Waals surface area contributed by atoms with Crippen LogP contribution in [-0.4, -0.2) is 27.7 Å². The number of allylic oxidation sites excluding steroid dienone is 3. The van der Waals surface area contributed by atoms with Crippen molar-refractivity contribution in [3.63, 3.8) is 0 Å². The average Bonchev–Trinajstić information content (AvgIpc) is 2.43. The molecule has 0 amide bonds. The second kappa shape index (κ2) is 4.70. The van der Waals surface area contributed by atoms with Crippen molar-refractivity contribution in [2.45, 2.75) is 12.8 Å². The Morgan fingerprint density at radius 2 is 1.76 bits per heavy atom. The van der Waals surface area contributed by atoms with Gasteiger partial charge in [-0.15, -0.1) is 0 Å². The number of aliphatic carboxylic acids is 1. The molecule has 5 nitrogen and oxygen atoms in total. The number of rotatable bonds is 2. The monoisotopic (exact) mass is 284 g/mol. The lowest BCUT2D eigenvalue weighted by molar-refractivity contribution is -0.137. The van der Waals surface area contributed by atoms with Crippen LogP contribution in [0.1, 0.15) is 33.6 Å². The molecule has 0 saturated carbocycles. The van der Waals surface area contributed by atoms with Crippen LogP contribution < -0.4 is 0 Å². The number of carboxylic acid groups (broad SMARTS) is 1. The first-order valence-electron chi connectivity index (χ1n) is 6.53. The summed E-state index contributed by atoms with van der Waals surface area (Å²) in [5, 5.41) is 18.9. The summed E-state index contributed by atoms with van der Waals surface area (Å²) in [6, 6.07) is 6.45. The van der Waals surface area contributed by atoms with Crippen LogP contribution in [0, 0.1) is 5.92 Å². The van der Waals surface area contributed by atoms with Crippen molar-refractivity contribution in [3.05, 3.63) is 58.4 Å². The largest absolute Gasteiger partial charge is 0.507 e. The van der Waals surface area contributed by atoms with Crippen LogP contribution in [0.4, 0.5) is 0 Å². The zero-order chi connectivity index (χ0) is 15.1. The highest BCUT2D eigenvalue weighted by Gasteiger charge is 2.37. The quantitative estimate of drug-likeness (QED) is 0.869. The summed E-state index contributed by atoms with van der Waals surface area (Å²) >= 11 is 0. The molecule has 0 fully saturated rings. The van der Waals surface area contributed by atoms with Crippen LogP contribution in [0.15, 0.2) is 47.2 Å². The van der Waals surface area contributed by atoms with E-state index in [0.717, 1.165) is 0 Å². The molecule has 5 heteroatoms. The minimum atomic E-state index is -1.01. The number of aliphatic hydroxyl groups excluding tert-OH is 1. The summed E-state index contributed by atoms with van der Waals surface area (Å²) in [7, 11) is 0. The number of benzene rings is 1. The summed E-state index contributed by atoms with van der Waals surface area (Å²) in [6.07, 6.45) is 1.32. The van der Waals surface area contributed by atoms with Gasteiger partial charge in [0.2, 0.25) is 0 Å². The number of hydrogen-bond donors (Lipinski definition) is 2. The lowest BCUT2D eigenvalue weighted by Crippen LogP contribution is -2.27. The van der Waals surface area contributed by atoms with E-state index in [-0.39, 0.29) is 46.9 Å². The van der Waals surface area contributed by atoms with Crippen LogP contribution in [0.25, 0.3) is 0 Å². The van der Waals surface area contributed by atoms with Gasteiger partial charge in [-0.25, -0.2) is 0 Å². The van der Waals surface area contributed by atoms with Crippen molar-refractivity contribution in [2.24, 2.45) is 5.92 Å². The molecule has 0 heterocycles. The van der Waals surface area contributed by atoms with E-state index >= 15 is 0 Å². The Kier molecular flexibility index (Phi) is 2.97. The maximum absolute atomic E-state index is 12.5. The Morgan fingerprint density at radius 1 is 1.14 bits per heavy atom. The minimum absolute atomic E-state index is 0.0142. The fourth-order valence-corrected chi connectivity index (χ4v) is 2.88. The van der Waals surface area contributed by atoms with Crippen molar-refractivity contribution >= 4 is 17.5 Å². The maximum atomic E-state index is 12.5. The van der Waals surface area contributed by atoms with Gasteiger partial charge in [0.05, 0.1) is 12.0 Å². The molecule has 0 bridgehead atoms. The number of ketones is 2. The second-order valence-corrected chi connectivity index (χ2v) is 5.17. The first-order valence-corrected chi connectivity index (χ1v) is 6.53. The van der Waals surface area contributed by atoms with E-state index in [1.807, 2.05) is 0 Å². The Hall–Kier alpha value is -2.69. The third-order valence-electron chi connectivity index (χ3n) is 3.77. The van der Waals surface area contributed by atoms with Gasteiger partial charge in [0.1, 0.15) is 5.76 Å². The molecule has 2 aliphatic rings. The first kappa shape index (κ1) is 13.3. The van der Waals surface area contributed by atoms with Crippen molar-refractivity contribution in [3.8, 4) is 0 Å². The van der Waals surface area contributed by atoms with Crippen molar-refractivity contribution < 1.29 is 24.6 Å². The normalized spacial score (nSPS) is 20.8. The molecule has 1 unspecified atom stereocenters. The Bertz CT molecular complexity index is 739. The molecule has 0 saturated heterocycles. The van der Waals surface area contributed by atoms with Gasteiger partial charge in [0.25, 0.3) is 0 Å².